The normalized spacial score (nSPS) is 24.0. The van der Waals surface area contributed by atoms with Crippen LogP contribution < -0.4 is 0 Å². The Labute approximate surface area is 175 Å². The standard InChI is InChI=1S/C22H22FNO5S/c1-14-7-9-15(10-8-14)30(26,27)24-12-11-17-18(16-5-3-4-6-19(16)23)13-20(22(25)28-2)29-21(17)24/h3-10,13,17-18,21H,11-12H2,1-2H3/t17-,18+,21+/m0/s1. The molecule has 0 N–H and O–H groups in total. The second-order valence-electron chi connectivity index (χ2n) is 7.46. The molecule has 0 saturated carbocycles. The number of sulfonamides is 1. The summed E-state index contributed by atoms with van der Waals surface area (Å²) in [4.78, 5) is 12.4. The van der Waals surface area contributed by atoms with Crippen molar-refractivity contribution in [2.45, 2.75) is 30.4 Å². The van der Waals surface area contributed by atoms with Crippen LogP contribution in [-0.4, -0.2) is 38.6 Å². The fraction of sp³-hybridized carbons (Fsp3) is 0.318. The van der Waals surface area contributed by atoms with Gasteiger partial charge in [0.25, 0.3) is 0 Å². The summed E-state index contributed by atoms with van der Waals surface area (Å²) in [7, 11) is -2.65. The monoisotopic (exact) mass is 431 g/mol. The van der Waals surface area contributed by atoms with Gasteiger partial charge in [0, 0.05) is 18.4 Å². The minimum atomic E-state index is -3.86. The zero-order valence-corrected chi connectivity index (χ0v) is 17.4. The minimum Gasteiger partial charge on any atom is -0.466 e. The number of allylic oxidation sites excluding steroid dienone is 1. The third kappa shape index (κ3) is 3.50. The van der Waals surface area contributed by atoms with E-state index in [9.17, 15) is 17.6 Å². The van der Waals surface area contributed by atoms with Crippen molar-refractivity contribution in [2.24, 2.45) is 5.92 Å². The maximum absolute atomic E-state index is 14.6. The maximum atomic E-state index is 14.6. The van der Waals surface area contributed by atoms with Crippen molar-refractivity contribution in [3.63, 3.8) is 0 Å². The number of carbonyl (C=O) groups is 1. The number of fused-ring (bicyclic) bond motifs is 1. The van der Waals surface area contributed by atoms with E-state index in [1.165, 1.54) is 23.6 Å². The van der Waals surface area contributed by atoms with E-state index in [0.717, 1.165) is 5.56 Å². The quantitative estimate of drug-likeness (QED) is 0.695. The van der Waals surface area contributed by atoms with Crippen molar-refractivity contribution in [3.8, 4) is 0 Å². The number of methoxy groups -OCH3 is 1. The Morgan fingerprint density at radius 1 is 1.17 bits per heavy atom. The molecule has 0 spiro atoms. The van der Waals surface area contributed by atoms with Crippen molar-refractivity contribution < 1.29 is 27.1 Å². The van der Waals surface area contributed by atoms with Crippen LogP contribution >= 0.6 is 0 Å². The highest BCUT2D eigenvalue weighted by Crippen LogP contribution is 2.45. The molecule has 6 nitrogen and oxygen atoms in total. The molecule has 8 heteroatoms. The lowest BCUT2D eigenvalue weighted by molar-refractivity contribution is -0.144. The summed E-state index contributed by atoms with van der Waals surface area (Å²) in [6, 6.07) is 12.8. The van der Waals surface area contributed by atoms with Gasteiger partial charge in [0.15, 0.2) is 6.23 Å². The van der Waals surface area contributed by atoms with Gasteiger partial charge in [-0.2, -0.15) is 4.31 Å². The number of hydrogen-bond donors (Lipinski definition) is 0. The van der Waals surface area contributed by atoms with Crippen LogP contribution in [0.4, 0.5) is 4.39 Å². The molecule has 0 aromatic heterocycles. The molecule has 0 amide bonds. The Balaban J connectivity index is 1.75. The lowest BCUT2D eigenvalue weighted by atomic mass is 9.82. The van der Waals surface area contributed by atoms with Gasteiger partial charge in [0.1, 0.15) is 5.82 Å². The van der Waals surface area contributed by atoms with Crippen molar-refractivity contribution in [2.75, 3.05) is 13.7 Å². The largest absolute Gasteiger partial charge is 0.466 e. The average Bonchev–Trinajstić information content (AvgIpc) is 3.18. The number of carbonyl (C=O) groups excluding carboxylic acids is 1. The van der Waals surface area contributed by atoms with Gasteiger partial charge in [-0.15, -0.1) is 0 Å². The van der Waals surface area contributed by atoms with Crippen molar-refractivity contribution in [3.05, 3.63) is 77.3 Å². The van der Waals surface area contributed by atoms with E-state index in [1.807, 2.05) is 6.92 Å². The van der Waals surface area contributed by atoms with Crippen LogP contribution in [-0.2, 0) is 24.3 Å². The summed E-state index contributed by atoms with van der Waals surface area (Å²) < 4.78 is 53.0. The van der Waals surface area contributed by atoms with Gasteiger partial charge in [-0.3, -0.25) is 0 Å². The van der Waals surface area contributed by atoms with E-state index in [4.69, 9.17) is 9.47 Å². The Hall–Kier alpha value is -2.71. The van der Waals surface area contributed by atoms with Gasteiger partial charge in [-0.1, -0.05) is 35.9 Å². The molecule has 4 rings (SSSR count). The second-order valence-corrected chi connectivity index (χ2v) is 9.35. The van der Waals surface area contributed by atoms with Crippen molar-refractivity contribution in [1.29, 1.82) is 0 Å². The molecule has 30 heavy (non-hydrogen) atoms. The van der Waals surface area contributed by atoms with Gasteiger partial charge in [-0.05, 0) is 43.2 Å². The Bertz CT molecular complexity index is 1100. The molecular formula is C22H22FNO5S. The number of benzene rings is 2. The number of aryl methyl sites for hydroxylation is 1. The second kappa shape index (κ2) is 7.85. The molecule has 1 saturated heterocycles. The van der Waals surface area contributed by atoms with Crippen LogP contribution in [0.15, 0.2) is 65.3 Å². The highest BCUT2D eigenvalue weighted by atomic mass is 32.2. The average molecular weight is 431 g/mol. The van der Waals surface area contributed by atoms with Crippen LogP contribution in [0.3, 0.4) is 0 Å². The van der Waals surface area contributed by atoms with E-state index in [-0.39, 0.29) is 23.1 Å². The molecule has 0 bridgehead atoms. The predicted molar refractivity (Wildman–Crippen MR) is 107 cm³/mol. The molecule has 2 aromatic rings. The van der Waals surface area contributed by atoms with Gasteiger partial charge in [-0.25, -0.2) is 17.6 Å². The summed E-state index contributed by atoms with van der Waals surface area (Å²) in [5.41, 5.74) is 1.34. The molecule has 158 valence electrons. The van der Waals surface area contributed by atoms with E-state index < -0.39 is 34.0 Å². The fourth-order valence-corrected chi connectivity index (χ4v) is 5.67. The number of hydrogen-bond acceptors (Lipinski definition) is 5. The zero-order chi connectivity index (χ0) is 21.5. The van der Waals surface area contributed by atoms with Crippen molar-refractivity contribution >= 4 is 16.0 Å². The fourth-order valence-electron chi connectivity index (χ4n) is 4.10. The van der Waals surface area contributed by atoms with Crippen LogP contribution in [0.2, 0.25) is 0 Å². The number of halogens is 1. The smallest absolute Gasteiger partial charge is 0.373 e. The molecule has 2 aliphatic heterocycles. The predicted octanol–water partition coefficient (Wildman–Crippen LogP) is 3.34. The maximum Gasteiger partial charge on any atom is 0.373 e. The third-order valence-corrected chi connectivity index (χ3v) is 7.53. The molecule has 0 aliphatic carbocycles. The molecule has 3 atom stereocenters. The molecule has 2 heterocycles. The zero-order valence-electron chi connectivity index (χ0n) is 16.6. The van der Waals surface area contributed by atoms with E-state index >= 15 is 0 Å². The summed E-state index contributed by atoms with van der Waals surface area (Å²) in [6.45, 7) is 2.08. The summed E-state index contributed by atoms with van der Waals surface area (Å²) in [5.74, 6) is -2.11. The van der Waals surface area contributed by atoms with Gasteiger partial charge < -0.3 is 9.47 Å². The highest BCUT2D eigenvalue weighted by Gasteiger charge is 2.50. The molecule has 0 unspecified atom stereocenters. The first-order chi connectivity index (χ1) is 14.3. The third-order valence-electron chi connectivity index (χ3n) is 5.65. The summed E-state index contributed by atoms with van der Waals surface area (Å²) in [5, 5.41) is 0. The number of ether oxygens (including phenoxy) is 2. The van der Waals surface area contributed by atoms with Crippen LogP contribution in [0.5, 0.6) is 0 Å². The molecule has 1 fully saturated rings. The van der Waals surface area contributed by atoms with E-state index in [0.29, 0.717) is 12.0 Å². The highest BCUT2D eigenvalue weighted by molar-refractivity contribution is 7.89. The van der Waals surface area contributed by atoms with Gasteiger partial charge in [0.2, 0.25) is 15.8 Å². The topological polar surface area (TPSA) is 72.9 Å². The summed E-state index contributed by atoms with van der Waals surface area (Å²) >= 11 is 0. The Kier molecular flexibility index (Phi) is 5.38. The molecule has 0 radical (unpaired) electrons. The van der Waals surface area contributed by atoms with E-state index in [1.54, 1.807) is 42.5 Å². The first-order valence-corrected chi connectivity index (χ1v) is 11.1. The van der Waals surface area contributed by atoms with E-state index in [2.05, 4.69) is 0 Å². The number of esters is 1. The lowest BCUT2D eigenvalue weighted by Crippen LogP contribution is -2.43. The number of rotatable bonds is 4. The molecular weight excluding hydrogens is 409 g/mol. The Morgan fingerprint density at radius 3 is 2.53 bits per heavy atom. The Morgan fingerprint density at radius 2 is 1.87 bits per heavy atom. The lowest BCUT2D eigenvalue weighted by Gasteiger charge is -2.35. The minimum absolute atomic E-state index is 0.113. The van der Waals surface area contributed by atoms with Crippen molar-refractivity contribution in [1.82, 2.24) is 4.31 Å². The number of nitrogens with zero attached hydrogens (tertiary/aromatic N) is 1. The summed E-state index contributed by atoms with van der Waals surface area (Å²) in [6.07, 6.45) is 1.08. The first-order valence-electron chi connectivity index (χ1n) is 9.62. The van der Waals surface area contributed by atoms with Crippen LogP contribution in [0.1, 0.15) is 23.5 Å². The van der Waals surface area contributed by atoms with Gasteiger partial charge >= 0.3 is 5.97 Å². The SMILES string of the molecule is COC(=O)C1=C[C@H](c2ccccc2F)[C@@H]2CCN(S(=O)(=O)c3ccc(C)cc3)[C@@H]2O1. The molecule has 2 aliphatic rings. The first kappa shape index (κ1) is 20.6. The van der Waals surface area contributed by atoms with Crippen LogP contribution in [0, 0.1) is 18.7 Å². The van der Waals surface area contributed by atoms with Crippen LogP contribution in [0.25, 0.3) is 0 Å². The molecule has 2 aromatic carbocycles. The van der Waals surface area contributed by atoms with Gasteiger partial charge in [0.05, 0.1) is 12.0 Å².